The van der Waals surface area contributed by atoms with Crippen LogP contribution in [-0.4, -0.2) is 111 Å². The number of halogens is 6. The second-order valence-electron chi connectivity index (χ2n) is 10.3. The minimum Gasteiger partial charge on any atom is -0.741 e. The quantitative estimate of drug-likeness (QED) is 0.167. The van der Waals surface area contributed by atoms with E-state index in [9.17, 15) is 26.3 Å². The molecule has 1 saturated heterocycles. The molecule has 0 aromatic rings. The van der Waals surface area contributed by atoms with Crippen LogP contribution in [0.5, 0.6) is 0 Å². The van der Waals surface area contributed by atoms with Crippen molar-refractivity contribution >= 4 is 20.2 Å². The van der Waals surface area contributed by atoms with E-state index in [1.807, 2.05) is 0 Å². The van der Waals surface area contributed by atoms with Crippen molar-refractivity contribution in [1.29, 1.82) is 10.5 Å². The van der Waals surface area contributed by atoms with Gasteiger partial charge in [-0.05, 0) is 17.8 Å². The molecule has 1 aliphatic rings. The van der Waals surface area contributed by atoms with Crippen LogP contribution in [0.25, 0.3) is 0 Å². The van der Waals surface area contributed by atoms with Gasteiger partial charge in [-0.3, -0.25) is 0 Å². The molecule has 1 radical (unpaired) electrons. The van der Waals surface area contributed by atoms with E-state index in [0.717, 1.165) is 17.8 Å². The molecule has 0 aliphatic carbocycles. The molecule has 0 N–H and O–H groups in total. The predicted molar refractivity (Wildman–Crippen MR) is 148 cm³/mol. The van der Waals surface area contributed by atoms with E-state index in [2.05, 4.69) is 56.2 Å². The van der Waals surface area contributed by atoms with Crippen LogP contribution < -0.4 is 0 Å². The van der Waals surface area contributed by atoms with Gasteiger partial charge in [0.2, 0.25) is 0 Å². The fourth-order valence-corrected chi connectivity index (χ4v) is 3.28. The van der Waals surface area contributed by atoms with Gasteiger partial charge in [-0.25, -0.2) is 16.8 Å². The number of rotatable bonds is 6. The molecule has 0 amide bonds. The summed E-state index contributed by atoms with van der Waals surface area (Å²) in [6.45, 7) is 28.0. The first-order valence-electron chi connectivity index (χ1n) is 13.0. The van der Waals surface area contributed by atoms with Crippen molar-refractivity contribution in [1.82, 2.24) is 14.7 Å². The molecule has 44 heavy (non-hydrogen) atoms. The van der Waals surface area contributed by atoms with Crippen LogP contribution in [0.15, 0.2) is 0 Å². The third kappa shape index (κ3) is 33.7. The Labute approximate surface area is 269 Å². The molecule has 20 heteroatoms. The Kier molecular flexibility index (Phi) is 30.8. The molecular weight excluding hydrogens is 688 g/mol. The van der Waals surface area contributed by atoms with Crippen molar-refractivity contribution in [2.24, 2.45) is 17.8 Å². The van der Waals surface area contributed by atoms with Crippen molar-refractivity contribution in [3.63, 3.8) is 0 Å². The van der Waals surface area contributed by atoms with Crippen LogP contribution in [0.4, 0.5) is 26.3 Å². The smallest absolute Gasteiger partial charge is 0.741 e. The van der Waals surface area contributed by atoms with Crippen LogP contribution in [0.2, 0.25) is 0 Å². The fraction of sp³-hybridized carbons (Fsp3) is 0.917. The van der Waals surface area contributed by atoms with Gasteiger partial charge in [0, 0.05) is 72.8 Å². The molecule has 1 heterocycles. The third-order valence-electron chi connectivity index (χ3n) is 4.63. The molecule has 11 nitrogen and oxygen atoms in total. The minimum absolute atomic E-state index is 0. The number of hydrogen-bond donors (Lipinski definition) is 0. The van der Waals surface area contributed by atoms with Gasteiger partial charge in [-0.1, -0.05) is 41.5 Å². The Morgan fingerprint density at radius 1 is 0.591 bits per heavy atom. The van der Waals surface area contributed by atoms with Gasteiger partial charge in [0.05, 0.1) is 12.1 Å². The molecule has 261 valence electrons. The van der Waals surface area contributed by atoms with Crippen LogP contribution >= 0.6 is 0 Å². The number of alkyl halides is 6. The normalized spacial score (nSPS) is 15.5. The van der Waals surface area contributed by atoms with Gasteiger partial charge in [0.25, 0.3) is 0 Å². The number of nitriles is 2. The summed E-state index contributed by atoms with van der Waals surface area (Å²) in [5.41, 5.74) is -11.3. The Bertz CT molecular complexity index is 908. The minimum atomic E-state index is -6.09. The molecule has 0 bridgehead atoms. The van der Waals surface area contributed by atoms with Gasteiger partial charge in [0.15, 0.2) is 20.2 Å². The predicted octanol–water partition coefficient (Wildman–Crippen LogP) is 4.03. The average Bonchev–Trinajstić information content (AvgIpc) is 2.84. The zero-order chi connectivity index (χ0) is 35.2. The monoisotopic (exact) mass is 733 g/mol. The van der Waals surface area contributed by atoms with Crippen LogP contribution in [0, 0.1) is 40.4 Å². The van der Waals surface area contributed by atoms with E-state index in [-0.39, 0.29) is 17.1 Å². The van der Waals surface area contributed by atoms with E-state index in [0.29, 0.717) is 0 Å². The second kappa shape index (κ2) is 25.9. The topological polar surface area (TPSA) is 172 Å². The molecule has 0 spiro atoms. The number of nitrogens with zero attached hydrogens (tertiary/aromatic N) is 5. The Balaban J connectivity index is -0.000000182. The van der Waals surface area contributed by atoms with Crippen molar-refractivity contribution < 1.29 is 69.4 Å². The Hall–Kier alpha value is -1.22. The first-order valence-corrected chi connectivity index (χ1v) is 15.8. The molecule has 0 unspecified atom stereocenters. The van der Waals surface area contributed by atoms with E-state index in [1.54, 1.807) is 12.1 Å². The van der Waals surface area contributed by atoms with Gasteiger partial charge in [0.1, 0.15) is 0 Å². The number of hydrogen-bond acceptors (Lipinski definition) is 11. The van der Waals surface area contributed by atoms with Crippen LogP contribution in [0.1, 0.15) is 55.4 Å². The summed E-state index contributed by atoms with van der Waals surface area (Å²) in [4.78, 5) is 8.03. The molecule has 0 atom stereocenters. The molecule has 0 saturated carbocycles. The second-order valence-corrected chi connectivity index (χ2v) is 13.1. The largest absolute Gasteiger partial charge is 5.00 e. The third-order valence-corrected chi connectivity index (χ3v) is 5.77. The van der Waals surface area contributed by atoms with Gasteiger partial charge >= 0.3 is 28.1 Å². The Morgan fingerprint density at radius 2 is 0.705 bits per heavy atom. The molecule has 1 aliphatic heterocycles. The summed E-state index contributed by atoms with van der Waals surface area (Å²) in [6.07, 6.45) is 0. The summed E-state index contributed by atoms with van der Waals surface area (Å²) in [7, 11) is -12.2. The maximum Gasteiger partial charge on any atom is 5.00 e. The van der Waals surface area contributed by atoms with Crippen molar-refractivity contribution in [2.45, 2.75) is 66.4 Å². The van der Waals surface area contributed by atoms with E-state index in [1.165, 1.54) is 72.8 Å². The molecule has 0 aromatic carbocycles. The standard InChI is InChI=1S/C18H39N3.2C2H3N.2CHF3O3S.Fe/c1-16(2)13-19-7-9-20(14-17(3)4)11-12-21(10-8-19)15-18(5)6;2*1-2-3;2*2-1(3,4)8(5,6)7;/h16-18H,7-15H2,1-6H3;2*1H3;2*(H,5,6,7);/q;;;;;+5/p-2. The van der Waals surface area contributed by atoms with E-state index < -0.39 is 31.3 Å². The molecule has 1 fully saturated rings. The molecular formula is C24H45F6FeN5O6S2+3. The summed E-state index contributed by atoms with van der Waals surface area (Å²) in [5.74, 6) is 2.30. The van der Waals surface area contributed by atoms with E-state index >= 15 is 0 Å². The van der Waals surface area contributed by atoms with Gasteiger partial charge in [-0.15, -0.1) is 0 Å². The fourth-order valence-electron chi connectivity index (χ4n) is 3.28. The van der Waals surface area contributed by atoms with Crippen LogP contribution in [-0.2, 0) is 37.3 Å². The SMILES string of the molecule is CC#N.CC#N.CC(C)CN1CCN(CC(C)C)CCN(CC(C)C)CC1.O=S(=O)([O-])C(F)(F)F.O=S(=O)([O-])C(F)(F)F.[Fe+5]. The average molecular weight is 734 g/mol. The zero-order valence-corrected chi connectivity index (χ0v) is 29.0. The zero-order valence-electron chi connectivity index (χ0n) is 26.2. The van der Waals surface area contributed by atoms with E-state index in [4.69, 9.17) is 36.5 Å². The summed E-state index contributed by atoms with van der Waals surface area (Å²) in [5, 5.41) is 14.6. The van der Waals surface area contributed by atoms with Crippen molar-refractivity contribution in [3.05, 3.63) is 0 Å². The van der Waals surface area contributed by atoms with Gasteiger partial charge in [-0.2, -0.15) is 36.9 Å². The molecule has 0 aromatic heterocycles. The van der Waals surface area contributed by atoms with Gasteiger partial charge < -0.3 is 23.8 Å². The maximum absolute atomic E-state index is 10.7. The summed E-state index contributed by atoms with van der Waals surface area (Å²) < 4.78 is 118. The summed E-state index contributed by atoms with van der Waals surface area (Å²) >= 11 is 0. The maximum atomic E-state index is 10.7. The van der Waals surface area contributed by atoms with Crippen molar-refractivity contribution in [2.75, 3.05) is 58.9 Å². The first kappa shape index (κ1) is 52.3. The van der Waals surface area contributed by atoms with Crippen molar-refractivity contribution in [3.8, 4) is 12.1 Å². The van der Waals surface area contributed by atoms with Crippen LogP contribution in [0.3, 0.4) is 0 Å². The first-order chi connectivity index (χ1) is 19.2. The Morgan fingerprint density at radius 3 is 0.773 bits per heavy atom. The summed E-state index contributed by atoms with van der Waals surface area (Å²) in [6, 6.07) is 3.50. The molecule has 1 rings (SSSR count).